The van der Waals surface area contributed by atoms with Crippen LogP contribution in [0.5, 0.6) is 5.75 Å². The first-order valence-corrected chi connectivity index (χ1v) is 6.13. The molecule has 1 heterocycles. The van der Waals surface area contributed by atoms with Gasteiger partial charge in [0.2, 0.25) is 0 Å². The predicted octanol–water partition coefficient (Wildman–Crippen LogP) is 2.59. The van der Waals surface area contributed by atoms with Crippen molar-refractivity contribution in [1.82, 2.24) is 5.16 Å². The molecule has 0 aliphatic rings. The van der Waals surface area contributed by atoms with Crippen molar-refractivity contribution in [2.75, 3.05) is 0 Å². The van der Waals surface area contributed by atoms with Crippen molar-refractivity contribution in [3.63, 3.8) is 0 Å². The maximum absolute atomic E-state index is 13.2. The van der Waals surface area contributed by atoms with E-state index in [0.717, 1.165) is 11.3 Å². The lowest BCUT2D eigenvalue weighted by atomic mass is 10.1. The minimum absolute atomic E-state index is 0.0570. The summed E-state index contributed by atoms with van der Waals surface area (Å²) in [5, 5.41) is 3.84. The highest BCUT2D eigenvalue weighted by Gasteiger charge is 2.09. The van der Waals surface area contributed by atoms with Gasteiger partial charge in [0.15, 0.2) is 0 Å². The molecule has 2 aromatic rings. The molecule has 0 spiro atoms. The number of benzene rings is 1. The Morgan fingerprint density at radius 1 is 1.42 bits per heavy atom. The molecule has 0 saturated heterocycles. The molecule has 0 saturated carbocycles. The highest BCUT2D eigenvalue weighted by molar-refractivity contribution is 5.34. The average molecular weight is 264 g/mol. The molecule has 0 amide bonds. The van der Waals surface area contributed by atoms with Gasteiger partial charge in [-0.15, -0.1) is 0 Å². The first-order chi connectivity index (χ1) is 9.04. The number of halogens is 1. The summed E-state index contributed by atoms with van der Waals surface area (Å²) in [5.74, 6) is 1.06. The second-order valence-corrected chi connectivity index (χ2v) is 4.65. The summed E-state index contributed by atoms with van der Waals surface area (Å²) < 4.78 is 23.8. The highest BCUT2D eigenvalue weighted by Crippen LogP contribution is 2.22. The Hall–Kier alpha value is -1.88. The van der Waals surface area contributed by atoms with Gasteiger partial charge in [-0.2, -0.15) is 0 Å². The Bertz CT molecular complexity index is 552. The molecule has 1 aromatic carbocycles. The molecule has 0 fully saturated rings. The molecular weight excluding hydrogens is 247 g/mol. The van der Waals surface area contributed by atoms with E-state index in [9.17, 15) is 4.39 Å². The molecule has 0 aliphatic heterocycles. The molecule has 1 aromatic heterocycles. The van der Waals surface area contributed by atoms with E-state index < -0.39 is 0 Å². The number of hydrogen-bond acceptors (Lipinski definition) is 4. The summed E-state index contributed by atoms with van der Waals surface area (Å²) in [6, 6.07) is 6.17. The van der Waals surface area contributed by atoms with Crippen molar-refractivity contribution in [2.45, 2.75) is 32.9 Å². The number of aromatic nitrogens is 1. The van der Waals surface area contributed by atoms with Gasteiger partial charge < -0.3 is 15.0 Å². The zero-order valence-corrected chi connectivity index (χ0v) is 11.0. The first kappa shape index (κ1) is 13.5. The Balaban J connectivity index is 2.10. The van der Waals surface area contributed by atoms with Gasteiger partial charge in [0.1, 0.15) is 29.6 Å². The quantitative estimate of drug-likeness (QED) is 0.901. The fourth-order valence-electron chi connectivity index (χ4n) is 1.83. The Labute approximate surface area is 111 Å². The summed E-state index contributed by atoms with van der Waals surface area (Å²) in [6.45, 7) is 3.97. The normalized spacial score (nSPS) is 12.4. The van der Waals surface area contributed by atoms with Crippen LogP contribution < -0.4 is 10.5 Å². The zero-order valence-electron chi connectivity index (χ0n) is 11.0. The third kappa shape index (κ3) is 3.79. The Kier molecular flexibility index (Phi) is 4.16. The number of ether oxygens (including phenoxy) is 1. The molecule has 102 valence electrons. The summed E-state index contributed by atoms with van der Waals surface area (Å²) >= 11 is 0. The SMILES string of the molecule is Cc1cc(COc2ccc(F)cc2CC(C)N)no1. The maximum Gasteiger partial charge on any atom is 0.134 e. The molecule has 0 bridgehead atoms. The van der Waals surface area contributed by atoms with Gasteiger partial charge in [-0.05, 0) is 44.0 Å². The lowest BCUT2D eigenvalue weighted by Gasteiger charge is -2.12. The van der Waals surface area contributed by atoms with Crippen LogP contribution in [-0.4, -0.2) is 11.2 Å². The standard InChI is InChI=1S/C14H17FN2O2/c1-9(16)5-11-7-12(15)3-4-14(11)18-8-13-6-10(2)19-17-13/h3-4,6-7,9H,5,8,16H2,1-2H3. The molecule has 1 unspecified atom stereocenters. The van der Waals surface area contributed by atoms with Gasteiger partial charge in [0.25, 0.3) is 0 Å². The van der Waals surface area contributed by atoms with Crippen LogP contribution in [0.25, 0.3) is 0 Å². The zero-order chi connectivity index (χ0) is 13.8. The molecule has 19 heavy (non-hydrogen) atoms. The van der Waals surface area contributed by atoms with Gasteiger partial charge in [0.05, 0.1) is 0 Å². The predicted molar refractivity (Wildman–Crippen MR) is 69.3 cm³/mol. The van der Waals surface area contributed by atoms with Crippen LogP contribution in [0.2, 0.25) is 0 Å². The summed E-state index contributed by atoms with van der Waals surface area (Å²) in [7, 11) is 0. The molecule has 5 heteroatoms. The monoisotopic (exact) mass is 264 g/mol. The number of hydrogen-bond donors (Lipinski definition) is 1. The van der Waals surface area contributed by atoms with E-state index in [-0.39, 0.29) is 18.5 Å². The van der Waals surface area contributed by atoms with E-state index in [1.54, 1.807) is 12.1 Å². The molecule has 1 atom stereocenters. The van der Waals surface area contributed by atoms with Crippen molar-refractivity contribution < 1.29 is 13.7 Å². The first-order valence-electron chi connectivity index (χ1n) is 6.13. The summed E-state index contributed by atoms with van der Waals surface area (Å²) in [4.78, 5) is 0. The second-order valence-electron chi connectivity index (χ2n) is 4.65. The summed E-state index contributed by atoms with van der Waals surface area (Å²) in [6.07, 6.45) is 0.560. The molecule has 2 rings (SSSR count). The van der Waals surface area contributed by atoms with Crippen LogP contribution in [0, 0.1) is 12.7 Å². The van der Waals surface area contributed by atoms with E-state index in [4.69, 9.17) is 15.0 Å². The van der Waals surface area contributed by atoms with Crippen molar-refractivity contribution in [3.05, 3.63) is 47.1 Å². The van der Waals surface area contributed by atoms with Crippen LogP contribution in [0.1, 0.15) is 23.9 Å². The van der Waals surface area contributed by atoms with Crippen molar-refractivity contribution in [3.8, 4) is 5.75 Å². The van der Waals surface area contributed by atoms with Crippen molar-refractivity contribution in [1.29, 1.82) is 0 Å². The largest absolute Gasteiger partial charge is 0.487 e. The molecular formula is C14H17FN2O2. The van der Waals surface area contributed by atoms with Crippen LogP contribution in [0.3, 0.4) is 0 Å². The average Bonchev–Trinajstić information content (AvgIpc) is 2.73. The Morgan fingerprint density at radius 3 is 2.84 bits per heavy atom. The number of aryl methyl sites for hydroxylation is 1. The van der Waals surface area contributed by atoms with Gasteiger partial charge in [-0.1, -0.05) is 5.16 Å². The van der Waals surface area contributed by atoms with E-state index in [1.165, 1.54) is 12.1 Å². The smallest absolute Gasteiger partial charge is 0.134 e. The van der Waals surface area contributed by atoms with Crippen molar-refractivity contribution >= 4 is 0 Å². The van der Waals surface area contributed by atoms with E-state index in [0.29, 0.717) is 17.9 Å². The molecule has 0 radical (unpaired) electrons. The fraction of sp³-hybridized carbons (Fsp3) is 0.357. The van der Waals surface area contributed by atoms with Gasteiger partial charge in [-0.25, -0.2) is 4.39 Å². The van der Waals surface area contributed by atoms with E-state index in [2.05, 4.69) is 5.16 Å². The molecule has 2 N–H and O–H groups in total. The molecule has 0 aliphatic carbocycles. The van der Waals surface area contributed by atoms with Gasteiger partial charge in [-0.3, -0.25) is 0 Å². The topological polar surface area (TPSA) is 61.3 Å². The van der Waals surface area contributed by atoms with Crippen LogP contribution in [0.4, 0.5) is 4.39 Å². The maximum atomic E-state index is 13.2. The Morgan fingerprint density at radius 2 is 2.21 bits per heavy atom. The fourth-order valence-corrected chi connectivity index (χ4v) is 1.83. The van der Waals surface area contributed by atoms with E-state index in [1.807, 2.05) is 13.8 Å². The van der Waals surface area contributed by atoms with Crippen LogP contribution >= 0.6 is 0 Å². The lowest BCUT2D eigenvalue weighted by Crippen LogP contribution is -2.18. The second kappa shape index (κ2) is 5.84. The third-order valence-corrected chi connectivity index (χ3v) is 2.62. The minimum Gasteiger partial charge on any atom is -0.487 e. The van der Waals surface area contributed by atoms with Gasteiger partial charge in [0, 0.05) is 12.1 Å². The summed E-state index contributed by atoms with van der Waals surface area (Å²) in [5.41, 5.74) is 7.21. The third-order valence-electron chi connectivity index (χ3n) is 2.62. The van der Waals surface area contributed by atoms with Gasteiger partial charge >= 0.3 is 0 Å². The van der Waals surface area contributed by atoms with Crippen molar-refractivity contribution in [2.24, 2.45) is 5.73 Å². The number of rotatable bonds is 5. The lowest BCUT2D eigenvalue weighted by molar-refractivity contribution is 0.284. The highest BCUT2D eigenvalue weighted by atomic mass is 19.1. The minimum atomic E-state index is -0.291. The molecule has 4 nitrogen and oxygen atoms in total. The number of nitrogens with two attached hydrogens (primary N) is 1. The van der Waals surface area contributed by atoms with E-state index >= 15 is 0 Å². The number of nitrogens with zero attached hydrogens (tertiary/aromatic N) is 1. The van der Waals surface area contributed by atoms with Crippen LogP contribution in [-0.2, 0) is 13.0 Å². The van der Waals surface area contributed by atoms with Crippen LogP contribution in [0.15, 0.2) is 28.8 Å².